The molecule has 1 heterocycles. The van der Waals surface area contributed by atoms with Crippen molar-refractivity contribution in [3.8, 4) is 0 Å². The van der Waals surface area contributed by atoms with Gasteiger partial charge in [-0.2, -0.15) is 4.39 Å². The van der Waals surface area contributed by atoms with Gasteiger partial charge in [-0.05, 0) is 25.0 Å². The fraction of sp³-hybridized carbons (Fsp3) is 0.500. The van der Waals surface area contributed by atoms with E-state index < -0.39 is 5.95 Å². The van der Waals surface area contributed by atoms with Gasteiger partial charge in [0.2, 0.25) is 5.95 Å². The number of halogens is 1. The molecule has 0 aromatic carbocycles. The zero-order valence-corrected chi connectivity index (χ0v) is 8.05. The molecule has 2 N–H and O–H groups in total. The standard InChI is InChI=1S/C10H15FN2/c1-3-4-9(12)8-5-7(2)6-13-10(8)11/h5-6,9H,3-4,12H2,1-2H3/t9-/m1/s1. The second-order valence-electron chi connectivity index (χ2n) is 3.29. The monoisotopic (exact) mass is 182 g/mol. The summed E-state index contributed by atoms with van der Waals surface area (Å²) in [5.74, 6) is -0.438. The molecule has 0 saturated carbocycles. The molecule has 1 atom stereocenters. The lowest BCUT2D eigenvalue weighted by Crippen LogP contribution is -2.12. The highest BCUT2D eigenvalue weighted by Gasteiger charge is 2.11. The van der Waals surface area contributed by atoms with Gasteiger partial charge in [-0.25, -0.2) is 4.98 Å². The molecule has 3 heteroatoms. The summed E-state index contributed by atoms with van der Waals surface area (Å²) in [5, 5.41) is 0. The molecule has 13 heavy (non-hydrogen) atoms. The van der Waals surface area contributed by atoms with Crippen LogP contribution in [0.15, 0.2) is 12.3 Å². The second kappa shape index (κ2) is 4.33. The van der Waals surface area contributed by atoms with Crippen molar-refractivity contribution >= 4 is 0 Å². The van der Waals surface area contributed by atoms with Gasteiger partial charge >= 0.3 is 0 Å². The number of nitrogens with two attached hydrogens (primary N) is 1. The van der Waals surface area contributed by atoms with Crippen LogP contribution in [0.25, 0.3) is 0 Å². The zero-order chi connectivity index (χ0) is 9.84. The van der Waals surface area contributed by atoms with E-state index in [0.29, 0.717) is 5.56 Å². The van der Waals surface area contributed by atoms with Crippen molar-refractivity contribution in [2.24, 2.45) is 5.73 Å². The number of pyridine rings is 1. The Balaban J connectivity index is 2.91. The number of aromatic nitrogens is 1. The van der Waals surface area contributed by atoms with Crippen molar-refractivity contribution in [2.45, 2.75) is 32.7 Å². The highest BCUT2D eigenvalue weighted by molar-refractivity contribution is 5.21. The van der Waals surface area contributed by atoms with Gasteiger partial charge in [-0.15, -0.1) is 0 Å². The Morgan fingerprint density at radius 3 is 2.92 bits per heavy atom. The predicted molar refractivity (Wildman–Crippen MR) is 50.8 cm³/mol. The average molecular weight is 182 g/mol. The fourth-order valence-electron chi connectivity index (χ4n) is 1.30. The second-order valence-corrected chi connectivity index (χ2v) is 3.29. The van der Waals surface area contributed by atoms with E-state index in [1.165, 1.54) is 6.20 Å². The van der Waals surface area contributed by atoms with Crippen molar-refractivity contribution in [2.75, 3.05) is 0 Å². The highest BCUT2D eigenvalue weighted by Crippen LogP contribution is 2.18. The minimum atomic E-state index is -0.438. The molecular weight excluding hydrogens is 167 g/mol. The molecule has 0 spiro atoms. The molecule has 72 valence electrons. The van der Waals surface area contributed by atoms with Gasteiger partial charge in [-0.3, -0.25) is 0 Å². The molecule has 0 unspecified atom stereocenters. The normalized spacial score (nSPS) is 12.9. The average Bonchev–Trinajstić information content (AvgIpc) is 2.09. The summed E-state index contributed by atoms with van der Waals surface area (Å²) < 4.78 is 13.2. The van der Waals surface area contributed by atoms with Crippen molar-refractivity contribution in [3.63, 3.8) is 0 Å². The highest BCUT2D eigenvalue weighted by atomic mass is 19.1. The SMILES string of the molecule is CCC[C@@H](N)c1cc(C)cnc1F. The van der Waals surface area contributed by atoms with Crippen molar-refractivity contribution in [1.29, 1.82) is 0 Å². The molecule has 1 aromatic rings. The molecule has 0 saturated heterocycles. The molecule has 0 bridgehead atoms. The van der Waals surface area contributed by atoms with E-state index in [2.05, 4.69) is 4.98 Å². The largest absolute Gasteiger partial charge is 0.324 e. The molecule has 1 rings (SSSR count). The van der Waals surface area contributed by atoms with Gasteiger partial charge in [0.15, 0.2) is 0 Å². The first kappa shape index (κ1) is 10.1. The van der Waals surface area contributed by atoms with Crippen LogP contribution in [0, 0.1) is 12.9 Å². The van der Waals surface area contributed by atoms with E-state index in [-0.39, 0.29) is 6.04 Å². The molecular formula is C10H15FN2. The quantitative estimate of drug-likeness (QED) is 0.728. The smallest absolute Gasteiger partial charge is 0.217 e. The third-order valence-corrected chi connectivity index (χ3v) is 2.00. The first-order valence-electron chi connectivity index (χ1n) is 4.52. The summed E-state index contributed by atoms with van der Waals surface area (Å²) in [7, 11) is 0. The Hall–Kier alpha value is -0.960. The summed E-state index contributed by atoms with van der Waals surface area (Å²) in [6.07, 6.45) is 3.26. The van der Waals surface area contributed by atoms with Crippen LogP contribution in [0.5, 0.6) is 0 Å². The van der Waals surface area contributed by atoms with Gasteiger partial charge in [0, 0.05) is 17.8 Å². The van der Waals surface area contributed by atoms with Crippen LogP contribution in [0.1, 0.15) is 36.9 Å². The lowest BCUT2D eigenvalue weighted by atomic mass is 10.0. The van der Waals surface area contributed by atoms with Gasteiger partial charge in [0.1, 0.15) is 0 Å². The molecule has 2 nitrogen and oxygen atoms in total. The van der Waals surface area contributed by atoms with E-state index >= 15 is 0 Å². The van der Waals surface area contributed by atoms with E-state index in [9.17, 15) is 4.39 Å². The van der Waals surface area contributed by atoms with Crippen molar-refractivity contribution in [3.05, 3.63) is 29.3 Å². The van der Waals surface area contributed by atoms with Crippen LogP contribution in [0.2, 0.25) is 0 Å². The van der Waals surface area contributed by atoms with Gasteiger partial charge in [-0.1, -0.05) is 13.3 Å². The Morgan fingerprint density at radius 1 is 1.62 bits per heavy atom. The number of rotatable bonds is 3. The van der Waals surface area contributed by atoms with E-state index in [0.717, 1.165) is 18.4 Å². The summed E-state index contributed by atoms with van der Waals surface area (Å²) >= 11 is 0. The van der Waals surface area contributed by atoms with Crippen LogP contribution in [0.3, 0.4) is 0 Å². The lowest BCUT2D eigenvalue weighted by Gasteiger charge is -2.11. The van der Waals surface area contributed by atoms with Crippen molar-refractivity contribution in [1.82, 2.24) is 4.98 Å². The molecule has 0 aliphatic carbocycles. The molecule has 1 aromatic heterocycles. The maximum absolute atomic E-state index is 13.2. The maximum Gasteiger partial charge on any atom is 0.217 e. The van der Waals surface area contributed by atoms with E-state index in [1.807, 2.05) is 13.8 Å². The Kier molecular flexibility index (Phi) is 3.37. The number of hydrogen-bond acceptors (Lipinski definition) is 2. The Labute approximate surface area is 78.0 Å². The number of nitrogens with zero attached hydrogens (tertiary/aromatic N) is 1. The Morgan fingerprint density at radius 2 is 2.31 bits per heavy atom. The number of hydrogen-bond donors (Lipinski definition) is 1. The number of aryl methyl sites for hydroxylation is 1. The summed E-state index contributed by atoms with van der Waals surface area (Å²) in [6.45, 7) is 3.91. The molecule has 0 fully saturated rings. The summed E-state index contributed by atoms with van der Waals surface area (Å²) in [5.41, 5.74) is 7.27. The van der Waals surface area contributed by atoms with E-state index in [4.69, 9.17) is 5.73 Å². The molecule has 0 radical (unpaired) electrons. The van der Waals surface area contributed by atoms with Crippen LogP contribution in [0.4, 0.5) is 4.39 Å². The van der Waals surface area contributed by atoms with Crippen molar-refractivity contribution < 1.29 is 4.39 Å². The summed E-state index contributed by atoms with van der Waals surface area (Å²) in [4.78, 5) is 3.64. The molecule has 0 amide bonds. The Bertz CT molecular complexity index is 286. The predicted octanol–water partition coefficient (Wildman–Crippen LogP) is 2.33. The van der Waals surface area contributed by atoms with Gasteiger partial charge in [0.05, 0.1) is 0 Å². The maximum atomic E-state index is 13.2. The third kappa shape index (κ3) is 2.49. The van der Waals surface area contributed by atoms with Gasteiger partial charge in [0.25, 0.3) is 0 Å². The van der Waals surface area contributed by atoms with Crippen LogP contribution in [-0.2, 0) is 0 Å². The first-order chi connectivity index (χ1) is 6.15. The molecule has 0 aliphatic rings. The van der Waals surface area contributed by atoms with Gasteiger partial charge < -0.3 is 5.73 Å². The van der Waals surface area contributed by atoms with Crippen LogP contribution >= 0.6 is 0 Å². The topological polar surface area (TPSA) is 38.9 Å². The third-order valence-electron chi connectivity index (χ3n) is 2.00. The van der Waals surface area contributed by atoms with Crippen LogP contribution in [-0.4, -0.2) is 4.98 Å². The lowest BCUT2D eigenvalue weighted by molar-refractivity contribution is 0.529. The van der Waals surface area contributed by atoms with Crippen LogP contribution < -0.4 is 5.73 Å². The molecule has 0 aliphatic heterocycles. The van der Waals surface area contributed by atoms with E-state index in [1.54, 1.807) is 6.07 Å². The fourth-order valence-corrected chi connectivity index (χ4v) is 1.30. The minimum absolute atomic E-state index is 0.225. The minimum Gasteiger partial charge on any atom is -0.324 e. The first-order valence-corrected chi connectivity index (χ1v) is 4.52. The zero-order valence-electron chi connectivity index (χ0n) is 8.05. The summed E-state index contributed by atoms with van der Waals surface area (Å²) in [6, 6.07) is 1.54.